The Balaban J connectivity index is 2.35. The average Bonchev–Trinajstić information content (AvgIpc) is 3.05. The summed E-state index contributed by atoms with van der Waals surface area (Å²) in [5.74, 6) is -6.21. The summed E-state index contributed by atoms with van der Waals surface area (Å²) in [6, 6.07) is 1.02. The van der Waals surface area contributed by atoms with E-state index in [1.165, 1.54) is 0 Å². The summed E-state index contributed by atoms with van der Waals surface area (Å²) in [4.78, 5) is 24.5. The van der Waals surface area contributed by atoms with Crippen molar-refractivity contribution in [2.24, 2.45) is 0 Å². The molecule has 0 unspecified atom stereocenters. The lowest BCUT2D eigenvalue weighted by Gasteiger charge is -2.29. The molecule has 150 valence electrons. The molecule has 0 saturated carbocycles. The van der Waals surface area contributed by atoms with Crippen LogP contribution >= 0.6 is 0 Å². The first kappa shape index (κ1) is 19.8. The molecule has 2 atom stereocenters. The van der Waals surface area contributed by atoms with Crippen molar-refractivity contribution in [1.29, 1.82) is 0 Å². The molecular formula is C18H14F5NO4. The minimum absolute atomic E-state index is 0.0570. The van der Waals surface area contributed by atoms with Crippen LogP contribution in [0.25, 0.3) is 0 Å². The molecule has 0 amide bonds. The van der Waals surface area contributed by atoms with E-state index < -0.39 is 65.7 Å². The molecular weight excluding hydrogens is 389 g/mol. The van der Waals surface area contributed by atoms with E-state index in [2.05, 4.69) is 10.1 Å². The van der Waals surface area contributed by atoms with E-state index in [0.717, 1.165) is 7.11 Å². The Morgan fingerprint density at radius 2 is 2.07 bits per heavy atom. The van der Waals surface area contributed by atoms with Crippen LogP contribution in [0.5, 0.6) is 0 Å². The van der Waals surface area contributed by atoms with Gasteiger partial charge in [-0.25, -0.2) is 31.5 Å². The van der Waals surface area contributed by atoms with Gasteiger partial charge >= 0.3 is 11.9 Å². The molecule has 0 aliphatic carbocycles. The van der Waals surface area contributed by atoms with E-state index in [9.17, 15) is 31.5 Å². The fourth-order valence-corrected chi connectivity index (χ4v) is 3.40. The molecule has 0 spiro atoms. The third-order valence-electron chi connectivity index (χ3n) is 4.52. The summed E-state index contributed by atoms with van der Waals surface area (Å²) in [7, 11) is 0.978. The van der Waals surface area contributed by atoms with Gasteiger partial charge in [0.1, 0.15) is 31.6 Å². The van der Waals surface area contributed by atoms with Gasteiger partial charge in [-0.05, 0) is 11.6 Å². The number of carbonyl (C=O) groups excluding carboxylic acids is 2. The maximum absolute atomic E-state index is 14.3. The van der Waals surface area contributed by atoms with Crippen molar-refractivity contribution in [2.45, 2.75) is 12.1 Å². The van der Waals surface area contributed by atoms with Crippen LogP contribution in [0.2, 0.25) is 0 Å². The van der Waals surface area contributed by atoms with Crippen LogP contribution in [0.15, 0.2) is 34.7 Å². The maximum Gasteiger partial charge on any atom is 0.337 e. The SMILES string of the molecule is COC(=O)C1=C(CF)NC2=C(C(=O)OC2)[C@H]1c1cc(F)cc(F)c1[C@@H](F)CF. The smallest absolute Gasteiger partial charge is 0.337 e. The van der Waals surface area contributed by atoms with E-state index in [4.69, 9.17) is 4.74 Å². The minimum atomic E-state index is -2.50. The standard InChI is InChI=1S/C18H14F5NO4/c1-27-17(25)15-11(5-20)24-12-6-28-18(26)16(12)14(15)8-2-7(21)3-9(22)13(8)10(23)4-19/h2-3,10,14,24H,4-6H2,1H3/t10-,14-/m0/s1. The van der Waals surface area contributed by atoms with E-state index in [-0.39, 0.29) is 23.6 Å². The molecule has 1 aromatic rings. The van der Waals surface area contributed by atoms with E-state index >= 15 is 0 Å². The number of allylic oxidation sites excluding steroid dienone is 1. The highest BCUT2D eigenvalue weighted by Gasteiger charge is 2.44. The van der Waals surface area contributed by atoms with Crippen LogP contribution in [0.3, 0.4) is 0 Å². The van der Waals surface area contributed by atoms with E-state index in [0.29, 0.717) is 12.1 Å². The van der Waals surface area contributed by atoms with Gasteiger partial charge in [0.15, 0.2) is 6.17 Å². The highest BCUT2D eigenvalue weighted by Crippen LogP contribution is 2.45. The molecule has 5 nitrogen and oxygen atoms in total. The number of esters is 2. The van der Waals surface area contributed by atoms with Crippen LogP contribution < -0.4 is 5.32 Å². The first-order valence-electron chi connectivity index (χ1n) is 8.07. The summed E-state index contributed by atoms with van der Waals surface area (Å²) in [5.41, 5.74) is -2.42. The third kappa shape index (κ3) is 3.12. The summed E-state index contributed by atoms with van der Waals surface area (Å²) in [6.45, 7) is -3.16. The Labute approximate surface area is 155 Å². The van der Waals surface area contributed by atoms with Crippen LogP contribution in [0, 0.1) is 11.6 Å². The highest BCUT2D eigenvalue weighted by molar-refractivity contribution is 6.01. The zero-order valence-corrected chi connectivity index (χ0v) is 14.5. The first-order chi connectivity index (χ1) is 13.3. The van der Waals surface area contributed by atoms with Gasteiger partial charge in [-0.1, -0.05) is 0 Å². The van der Waals surface area contributed by atoms with Crippen molar-refractivity contribution in [2.75, 3.05) is 27.1 Å². The molecule has 28 heavy (non-hydrogen) atoms. The van der Waals surface area contributed by atoms with Gasteiger partial charge in [0.25, 0.3) is 0 Å². The topological polar surface area (TPSA) is 64.6 Å². The summed E-state index contributed by atoms with van der Waals surface area (Å²) >= 11 is 0. The van der Waals surface area contributed by atoms with Gasteiger partial charge in [-0.3, -0.25) is 0 Å². The number of nitrogens with one attached hydrogen (secondary N) is 1. The molecule has 0 radical (unpaired) electrons. The summed E-state index contributed by atoms with van der Waals surface area (Å²) in [5, 5.41) is 2.53. The molecule has 1 N–H and O–H groups in total. The Morgan fingerprint density at radius 3 is 2.68 bits per heavy atom. The maximum atomic E-state index is 14.3. The molecule has 2 heterocycles. The van der Waals surface area contributed by atoms with Gasteiger partial charge in [0.2, 0.25) is 0 Å². The number of methoxy groups -OCH3 is 1. The number of benzene rings is 1. The van der Waals surface area contributed by atoms with Crippen LogP contribution in [0.4, 0.5) is 22.0 Å². The number of carbonyl (C=O) groups is 2. The zero-order valence-electron chi connectivity index (χ0n) is 14.5. The Kier molecular flexibility index (Phi) is 5.39. The van der Waals surface area contributed by atoms with Crippen molar-refractivity contribution in [1.82, 2.24) is 5.32 Å². The monoisotopic (exact) mass is 403 g/mol. The van der Waals surface area contributed by atoms with Gasteiger partial charge in [0, 0.05) is 11.6 Å². The molecule has 1 aromatic carbocycles. The number of rotatable bonds is 5. The van der Waals surface area contributed by atoms with Crippen LogP contribution in [-0.4, -0.2) is 39.0 Å². The summed E-state index contributed by atoms with van der Waals surface area (Å²) in [6.07, 6.45) is -2.50. The number of hydrogen-bond acceptors (Lipinski definition) is 5. The van der Waals surface area contributed by atoms with Gasteiger partial charge in [-0.15, -0.1) is 0 Å². The van der Waals surface area contributed by atoms with Crippen LogP contribution in [0.1, 0.15) is 23.2 Å². The van der Waals surface area contributed by atoms with Crippen molar-refractivity contribution < 1.29 is 41.0 Å². The first-order valence-corrected chi connectivity index (χ1v) is 8.07. The molecule has 0 saturated heterocycles. The zero-order chi connectivity index (χ0) is 20.6. The fourth-order valence-electron chi connectivity index (χ4n) is 3.40. The lowest BCUT2D eigenvalue weighted by Crippen LogP contribution is -2.32. The van der Waals surface area contributed by atoms with Crippen molar-refractivity contribution >= 4 is 11.9 Å². The second-order valence-electron chi connectivity index (χ2n) is 6.06. The van der Waals surface area contributed by atoms with Gasteiger partial charge < -0.3 is 14.8 Å². The quantitative estimate of drug-likeness (QED) is 0.605. The molecule has 10 heteroatoms. The molecule has 2 aliphatic heterocycles. The second-order valence-corrected chi connectivity index (χ2v) is 6.06. The lowest BCUT2D eigenvalue weighted by molar-refractivity contribution is -0.136. The number of hydrogen-bond donors (Lipinski definition) is 1. The minimum Gasteiger partial charge on any atom is -0.466 e. The highest BCUT2D eigenvalue weighted by atomic mass is 19.2. The Hall–Kier alpha value is -2.91. The fraction of sp³-hybridized carbons (Fsp3) is 0.333. The van der Waals surface area contributed by atoms with Crippen molar-refractivity contribution in [3.63, 3.8) is 0 Å². The number of cyclic esters (lactones) is 1. The number of dihydropyridines is 1. The number of ether oxygens (including phenoxy) is 2. The molecule has 0 aromatic heterocycles. The average molecular weight is 403 g/mol. The molecule has 0 bridgehead atoms. The van der Waals surface area contributed by atoms with Gasteiger partial charge in [-0.2, -0.15) is 0 Å². The van der Waals surface area contributed by atoms with E-state index in [1.54, 1.807) is 0 Å². The predicted octanol–water partition coefficient (Wildman–Crippen LogP) is 2.84. The number of halogens is 5. The third-order valence-corrected chi connectivity index (χ3v) is 4.52. The Morgan fingerprint density at radius 1 is 1.36 bits per heavy atom. The summed E-state index contributed by atoms with van der Waals surface area (Å²) < 4.78 is 78.6. The second kappa shape index (κ2) is 7.61. The largest absolute Gasteiger partial charge is 0.466 e. The number of alkyl halides is 3. The Bertz CT molecular complexity index is 911. The normalized spacial score (nSPS) is 19.9. The van der Waals surface area contributed by atoms with Crippen LogP contribution in [-0.2, 0) is 19.1 Å². The molecule has 2 aliphatic rings. The van der Waals surface area contributed by atoms with Crippen molar-refractivity contribution in [3.8, 4) is 0 Å². The van der Waals surface area contributed by atoms with Crippen molar-refractivity contribution in [3.05, 3.63) is 57.4 Å². The molecule has 0 fully saturated rings. The lowest BCUT2D eigenvalue weighted by atomic mass is 9.78. The predicted molar refractivity (Wildman–Crippen MR) is 85.1 cm³/mol. The molecule has 3 rings (SSSR count). The van der Waals surface area contributed by atoms with Gasteiger partial charge in [0.05, 0.1) is 35.6 Å². The van der Waals surface area contributed by atoms with E-state index in [1.807, 2.05) is 0 Å².